The Morgan fingerprint density at radius 3 is 2.61 bits per heavy atom. The summed E-state index contributed by atoms with van der Waals surface area (Å²) in [5.74, 6) is 0.904. The fourth-order valence-electron chi connectivity index (χ4n) is 2.09. The molecule has 1 heterocycles. The van der Waals surface area contributed by atoms with Gasteiger partial charge < -0.3 is 11.1 Å². The van der Waals surface area contributed by atoms with Crippen molar-refractivity contribution in [3.8, 4) is 0 Å². The molecule has 2 rings (SSSR count). The number of anilines is 2. The minimum absolute atomic E-state index is 0.738. The summed E-state index contributed by atoms with van der Waals surface area (Å²) in [6, 6.07) is 8.44. The molecule has 0 saturated carbocycles. The first-order valence-corrected chi connectivity index (χ1v) is 6.17. The van der Waals surface area contributed by atoms with Crippen LogP contribution in [-0.2, 0) is 13.5 Å². The maximum Gasteiger partial charge on any atom is 0.147 e. The summed E-state index contributed by atoms with van der Waals surface area (Å²) in [5, 5.41) is 7.64. The van der Waals surface area contributed by atoms with Crippen LogP contribution in [0.1, 0.15) is 16.8 Å². The number of nitrogen functional groups attached to an aromatic ring is 1. The fourth-order valence-corrected chi connectivity index (χ4v) is 2.09. The summed E-state index contributed by atoms with van der Waals surface area (Å²) in [4.78, 5) is 0. The average Bonchev–Trinajstić information content (AvgIpc) is 2.58. The molecule has 1 aromatic heterocycles. The molecule has 0 saturated heterocycles. The van der Waals surface area contributed by atoms with Crippen molar-refractivity contribution in [3.63, 3.8) is 0 Å². The molecule has 0 unspecified atom stereocenters. The Labute approximate surface area is 108 Å². The molecule has 0 aliphatic carbocycles. The number of benzene rings is 1. The van der Waals surface area contributed by atoms with Gasteiger partial charge in [0, 0.05) is 13.6 Å². The van der Waals surface area contributed by atoms with Crippen LogP contribution in [0.5, 0.6) is 0 Å². The van der Waals surface area contributed by atoms with Gasteiger partial charge in [0.2, 0.25) is 0 Å². The molecule has 0 spiro atoms. The number of aromatic nitrogens is 2. The van der Waals surface area contributed by atoms with E-state index in [9.17, 15) is 0 Å². The number of hydrogen-bond acceptors (Lipinski definition) is 3. The van der Waals surface area contributed by atoms with E-state index in [1.165, 1.54) is 11.1 Å². The van der Waals surface area contributed by atoms with E-state index in [-0.39, 0.29) is 0 Å². The molecule has 1 aromatic carbocycles. The van der Waals surface area contributed by atoms with Gasteiger partial charge in [-0.2, -0.15) is 5.10 Å². The third kappa shape index (κ3) is 2.47. The molecule has 96 valence electrons. The largest absolute Gasteiger partial charge is 0.394 e. The van der Waals surface area contributed by atoms with Gasteiger partial charge in [0.25, 0.3) is 0 Å². The van der Waals surface area contributed by atoms with E-state index >= 15 is 0 Å². The SMILES string of the molecule is Cc1ccccc1CCNc1c(N)c(C)nn1C. The zero-order chi connectivity index (χ0) is 13.1. The van der Waals surface area contributed by atoms with Crippen LogP contribution in [0.15, 0.2) is 24.3 Å². The quantitative estimate of drug-likeness (QED) is 0.867. The van der Waals surface area contributed by atoms with E-state index in [4.69, 9.17) is 5.73 Å². The second-order valence-electron chi connectivity index (χ2n) is 4.57. The first-order valence-electron chi connectivity index (χ1n) is 6.17. The van der Waals surface area contributed by atoms with Gasteiger partial charge >= 0.3 is 0 Å². The average molecular weight is 244 g/mol. The molecule has 0 radical (unpaired) electrons. The highest BCUT2D eigenvalue weighted by Crippen LogP contribution is 2.20. The standard InChI is InChI=1S/C14H20N4/c1-10-6-4-5-7-12(10)8-9-16-14-13(15)11(2)17-18(14)3/h4-7,16H,8-9,15H2,1-3H3. The van der Waals surface area contributed by atoms with Crippen LogP contribution in [0.3, 0.4) is 0 Å². The molecule has 0 atom stereocenters. The predicted molar refractivity (Wildman–Crippen MR) is 75.7 cm³/mol. The monoisotopic (exact) mass is 244 g/mol. The third-order valence-electron chi connectivity index (χ3n) is 3.22. The van der Waals surface area contributed by atoms with Crippen molar-refractivity contribution in [1.82, 2.24) is 9.78 Å². The Bertz CT molecular complexity index is 543. The Hall–Kier alpha value is -1.97. The lowest BCUT2D eigenvalue weighted by atomic mass is 10.1. The lowest BCUT2D eigenvalue weighted by molar-refractivity contribution is 0.757. The van der Waals surface area contributed by atoms with Crippen molar-refractivity contribution in [2.75, 3.05) is 17.6 Å². The van der Waals surface area contributed by atoms with Crippen LogP contribution >= 0.6 is 0 Å². The zero-order valence-electron chi connectivity index (χ0n) is 11.2. The Balaban J connectivity index is 1.99. The second-order valence-corrected chi connectivity index (χ2v) is 4.57. The van der Waals surface area contributed by atoms with Gasteiger partial charge in [0.1, 0.15) is 5.82 Å². The van der Waals surface area contributed by atoms with E-state index in [0.29, 0.717) is 0 Å². The number of hydrogen-bond donors (Lipinski definition) is 2. The fraction of sp³-hybridized carbons (Fsp3) is 0.357. The molecule has 0 bridgehead atoms. The molecule has 0 aliphatic heterocycles. The molecule has 2 aromatic rings. The van der Waals surface area contributed by atoms with Crippen LogP contribution in [0, 0.1) is 13.8 Å². The van der Waals surface area contributed by atoms with E-state index in [1.54, 1.807) is 4.68 Å². The number of rotatable bonds is 4. The van der Waals surface area contributed by atoms with Gasteiger partial charge in [-0.15, -0.1) is 0 Å². The molecule has 0 aliphatic rings. The first-order chi connectivity index (χ1) is 8.59. The summed E-state index contributed by atoms with van der Waals surface area (Å²) < 4.78 is 1.79. The van der Waals surface area contributed by atoms with Gasteiger partial charge in [0.05, 0.1) is 11.4 Å². The maximum absolute atomic E-state index is 5.97. The Kier molecular flexibility index (Phi) is 3.55. The van der Waals surface area contributed by atoms with Gasteiger partial charge in [0.15, 0.2) is 0 Å². The zero-order valence-corrected chi connectivity index (χ0v) is 11.2. The van der Waals surface area contributed by atoms with Gasteiger partial charge in [-0.1, -0.05) is 24.3 Å². The molecule has 4 nitrogen and oxygen atoms in total. The van der Waals surface area contributed by atoms with E-state index in [2.05, 4.69) is 41.6 Å². The van der Waals surface area contributed by atoms with E-state index in [0.717, 1.165) is 30.2 Å². The van der Waals surface area contributed by atoms with Gasteiger partial charge in [-0.25, -0.2) is 0 Å². The Morgan fingerprint density at radius 2 is 2.00 bits per heavy atom. The lowest BCUT2D eigenvalue weighted by Crippen LogP contribution is -2.10. The topological polar surface area (TPSA) is 55.9 Å². The Morgan fingerprint density at radius 1 is 1.28 bits per heavy atom. The number of aryl methyl sites for hydroxylation is 3. The molecule has 3 N–H and O–H groups in total. The highest BCUT2D eigenvalue weighted by atomic mass is 15.3. The van der Waals surface area contributed by atoms with Crippen LogP contribution in [0.25, 0.3) is 0 Å². The van der Waals surface area contributed by atoms with Crippen LogP contribution < -0.4 is 11.1 Å². The van der Waals surface area contributed by atoms with E-state index in [1.807, 2.05) is 14.0 Å². The third-order valence-corrected chi connectivity index (χ3v) is 3.22. The number of nitrogens with zero attached hydrogens (tertiary/aromatic N) is 2. The second kappa shape index (κ2) is 5.12. The van der Waals surface area contributed by atoms with E-state index < -0.39 is 0 Å². The van der Waals surface area contributed by atoms with Crippen molar-refractivity contribution in [2.45, 2.75) is 20.3 Å². The summed E-state index contributed by atoms with van der Waals surface area (Å²) in [6.45, 7) is 4.91. The molecular formula is C14H20N4. The van der Waals surface area contributed by atoms with Crippen molar-refractivity contribution in [2.24, 2.45) is 7.05 Å². The van der Waals surface area contributed by atoms with Gasteiger partial charge in [-0.3, -0.25) is 4.68 Å². The molecule has 4 heteroatoms. The minimum Gasteiger partial charge on any atom is -0.394 e. The predicted octanol–water partition coefficient (Wildman–Crippen LogP) is 2.27. The highest BCUT2D eigenvalue weighted by molar-refractivity contribution is 5.64. The van der Waals surface area contributed by atoms with Crippen molar-refractivity contribution >= 4 is 11.5 Å². The molecule has 0 amide bonds. The summed E-state index contributed by atoms with van der Waals surface area (Å²) in [5.41, 5.74) is 10.3. The smallest absolute Gasteiger partial charge is 0.147 e. The number of nitrogens with one attached hydrogen (secondary N) is 1. The summed E-state index contributed by atoms with van der Waals surface area (Å²) in [6.07, 6.45) is 0.982. The first kappa shape index (κ1) is 12.5. The molecular weight excluding hydrogens is 224 g/mol. The molecule has 0 fully saturated rings. The van der Waals surface area contributed by atoms with Crippen LogP contribution in [0.2, 0.25) is 0 Å². The van der Waals surface area contributed by atoms with Crippen LogP contribution in [-0.4, -0.2) is 16.3 Å². The summed E-state index contributed by atoms with van der Waals surface area (Å²) >= 11 is 0. The normalized spacial score (nSPS) is 10.6. The highest BCUT2D eigenvalue weighted by Gasteiger charge is 2.08. The van der Waals surface area contributed by atoms with Crippen molar-refractivity contribution in [3.05, 3.63) is 41.1 Å². The van der Waals surface area contributed by atoms with Crippen LogP contribution in [0.4, 0.5) is 11.5 Å². The maximum atomic E-state index is 5.97. The lowest BCUT2D eigenvalue weighted by Gasteiger charge is -2.09. The van der Waals surface area contributed by atoms with Crippen molar-refractivity contribution < 1.29 is 0 Å². The molecule has 18 heavy (non-hydrogen) atoms. The summed E-state index contributed by atoms with van der Waals surface area (Å²) in [7, 11) is 1.90. The van der Waals surface area contributed by atoms with Crippen molar-refractivity contribution in [1.29, 1.82) is 0 Å². The minimum atomic E-state index is 0.738. The van der Waals surface area contributed by atoms with Gasteiger partial charge in [-0.05, 0) is 31.4 Å². The number of nitrogens with two attached hydrogens (primary N) is 1.